The maximum Gasteiger partial charge on any atom is 0.250 e. The second-order valence-electron chi connectivity index (χ2n) is 4.63. The Hall–Kier alpha value is -1.08. The van der Waals surface area contributed by atoms with Crippen LogP contribution in [0, 0.1) is 6.92 Å². The van der Waals surface area contributed by atoms with Gasteiger partial charge in [0.25, 0.3) is 10.0 Å². The van der Waals surface area contributed by atoms with Gasteiger partial charge in [0.1, 0.15) is 0 Å². The minimum atomic E-state index is -3.59. The third kappa shape index (κ3) is 2.12. The Balaban J connectivity index is 2.41. The molecule has 18 heavy (non-hydrogen) atoms. The Labute approximate surface area is 107 Å². The number of piperidine rings is 1. The Morgan fingerprint density at radius 3 is 2.78 bits per heavy atom. The summed E-state index contributed by atoms with van der Waals surface area (Å²) < 4.78 is 31.6. The van der Waals surface area contributed by atoms with E-state index in [-0.39, 0.29) is 22.5 Å². The van der Waals surface area contributed by atoms with Crippen LogP contribution in [-0.4, -0.2) is 30.5 Å². The van der Waals surface area contributed by atoms with Gasteiger partial charge in [-0.1, -0.05) is 18.5 Å². The van der Waals surface area contributed by atoms with Crippen LogP contribution in [0.2, 0.25) is 0 Å². The van der Waals surface area contributed by atoms with E-state index in [1.165, 1.54) is 0 Å². The lowest BCUT2D eigenvalue weighted by Gasteiger charge is -2.33. The average Bonchev–Trinajstić information content (AvgIpc) is 2.69. The Morgan fingerprint density at radius 1 is 1.50 bits per heavy atom. The molecule has 102 valence electrons. The van der Waals surface area contributed by atoms with E-state index < -0.39 is 10.0 Å². The number of rotatable bonds is 3. The summed E-state index contributed by atoms with van der Waals surface area (Å²) in [6.45, 7) is 4.12. The molecule has 1 saturated heterocycles. The molecule has 0 saturated carbocycles. The standard InChI is InChI=1S/C11H19N3O3S/c1-3-9-6-4-5-7-14(9)18(15,16)10-8(2)17-13-11(10)12/h9H,3-7H2,1-2H3,(H2,12,13)/t9-/m0/s1. The van der Waals surface area contributed by atoms with Crippen LogP contribution in [0.15, 0.2) is 9.42 Å². The number of aromatic nitrogens is 1. The van der Waals surface area contributed by atoms with Gasteiger partial charge in [0, 0.05) is 12.6 Å². The lowest BCUT2D eigenvalue weighted by atomic mass is 10.0. The first-order chi connectivity index (χ1) is 8.48. The minimum Gasteiger partial charge on any atom is -0.380 e. The highest BCUT2D eigenvalue weighted by Crippen LogP contribution is 2.31. The molecule has 6 nitrogen and oxygen atoms in total. The third-order valence-corrected chi connectivity index (χ3v) is 5.56. The van der Waals surface area contributed by atoms with Crippen LogP contribution in [0.25, 0.3) is 0 Å². The van der Waals surface area contributed by atoms with Gasteiger partial charge in [-0.3, -0.25) is 0 Å². The van der Waals surface area contributed by atoms with Gasteiger partial charge < -0.3 is 10.3 Å². The summed E-state index contributed by atoms with van der Waals surface area (Å²) in [4.78, 5) is 0.0304. The maximum atomic E-state index is 12.6. The SMILES string of the molecule is CC[C@H]1CCCCN1S(=O)(=O)c1c(N)noc1C. The number of sulfonamides is 1. The van der Waals surface area contributed by atoms with Crippen molar-refractivity contribution in [2.75, 3.05) is 12.3 Å². The van der Waals surface area contributed by atoms with Gasteiger partial charge in [-0.2, -0.15) is 4.31 Å². The van der Waals surface area contributed by atoms with Crippen molar-refractivity contribution in [1.29, 1.82) is 0 Å². The molecule has 2 rings (SSSR count). The smallest absolute Gasteiger partial charge is 0.250 e. The molecular weight excluding hydrogens is 254 g/mol. The highest BCUT2D eigenvalue weighted by atomic mass is 32.2. The van der Waals surface area contributed by atoms with E-state index in [4.69, 9.17) is 10.3 Å². The van der Waals surface area contributed by atoms with Crippen LogP contribution < -0.4 is 5.73 Å². The molecule has 2 N–H and O–H groups in total. The first-order valence-corrected chi connectivity index (χ1v) is 7.66. The molecule has 1 aromatic heterocycles. The summed E-state index contributed by atoms with van der Waals surface area (Å²) in [6.07, 6.45) is 3.67. The Morgan fingerprint density at radius 2 is 2.22 bits per heavy atom. The van der Waals surface area contributed by atoms with Crippen molar-refractivity contribution in [3.05, 3.63) is 5.76 Å². The van der Waals surface area contributed by atoms with Gasteiger partial charge in [-0.25, -0.2) is 8.42 Å². The highest BCUT2D eigenvalue weighted by Gasteiger charge is 2.36. The van der Waals surface area contributed by atoms with E-state index in [1.807, 2.05) is 6.92 Å². The molecule has 7 heteroatoms. The predicted octanol–water partition coefficient (Wildman–Crippen LogP) is 1.52. The van der Waals surface area contributed by atoms with Gasteiger partial charge in [-0.15, -0.1) is 0 Å². The monoisotopic (exact) mass is 273 g/mol. The molecule has 0 unspecified atom stereocenters. The van der Waals surface area contributed by atoms with E-state index in [0.29, 0.717) is 6.54 Å². The van der Waals surface area contributed by atoms with Crippen molar-refractivity contribution >= 4 is 15.8 Å². The van der Waals surface area contributed by atoms with E-state index in [2.05, 4.69) is 5.16 Å². The topological polar surface area (TPSA) is 89.4 Å². The molecule has 0 aromatic carbocycles. The fourth-order valence-corrected chi connectivity index (χ4v) is 4.46. The molecule has 0 aliphatic carbocycles. The number of hydrogen-bond acceptors (Lipinski definition) is 5. The molecule has 0 spiro atoms. The normalized spacial score (nSPS) is 22.2. The lowest BCUT2D eigenvalue weighted by Crippen LogP contribution is -2.43. The number of aryl methyl sites for hydroxylation is 1. The van der Waals surface area contributed by atoms with Crippen LogP contribution in [0.4, 0.5) is 5.82 Å². The molecule has 1 fully saturated rings. The van der Waals surface area contributed by atoms with Gasteiger partial charge in [0.15, 0.2) is 16.5 Å². The number of nitrogen functional groups attached to an aromatic ring is 1. The van der Waals surface area contributed by atoms with E-state index in [0.717, 1.165) is 25.7 Å². The van der Waals surface area contributed by atoms with Crippen molar-refractivity contribution in [2.45, 2.75) is 50.5 Å². The first kappa shape index (κ1) is 13.4. The largest absolute Gasteiger partial charge is 0.380 e. The zero-order valence-corrected chi connectivity index (χ0v) is 11.5. The zero-order chi connectivity index (χ0) is 13.3. The fraction of sp³-hybridized carbons (Fsp3) is 0.727. The maximum absolute atomic E-state index is 12.6. The quantitative estimate of drug-likeness (QED) is 0.901. The van der Waals surface area contributed by atoms with Gasteiger partial charge in [0.05, 0.1) is 0 Å². The predicted molar refractivity (Wildman–Crippen MR) is 67.5 cm³/mol. The van der Waals surface area contributed by atoms with Crippen LogP contribution in [0.5, 0.6) is 0 Å². The number of nitrogens with zero attached hydrogens (tertiary/aromatic N) is 2. The summed E-state index contributed by atoms with van der Waals surface area (Å²) in [5.74, 6) is 0.209. The molecular formula is C11H19N3O3S. The van der Waals surface area contributed by atoms with Crippen molar-refractivity contribution in [3.8, 4) is 0 Å². The van der Waals surface area contributed by atoms with Crippen LogP contribution in [-0.2, 0) is 10.0 Å². The second kappa shape index (κ2) is 4.89. The molecule has 1 aliphatic heterocycles. The molecule has 1 atom stereocenters. The van der Waals surface area contributed by atoms with Crippen molar-refractivity contribution in [1.82, 2.24) is 9.46 Å². The van der Waals surface area contributed by atoms with E-state index >= 15 is 0 Å². The fourth-order valence-electron chi connectivity index (χ4n) is 2.51. The average molecular weight is 273 g/mol. The molecule has 1 aromatic rings. The van der Waals surface area contributed by atoms with Crippen molar-refractivity contribution < 1.29 is 12.9 Å². The summed E-state index contributed by atoms with van der Waals surface area (Å²) in [6, 6.07) is 0.0532. The number of anilines is 1. The lowest BCUT2D eigenvalue weighted by molar-refractivity contribution is 0.246. The van der Waals surface area contributed by atoms with Crippen LogP contribution in [0.1, 0.15) is 38.4 Å². The van der Waals surface area contributed by atoms with Crippen LogP contribution in [0.3, 0.4) is 0 Å². The van der Waals surface area contributed by atoms with Gasteiger partial charge in [-0.05, 0) is 26.2 Å². The highest BCUT2D eigenvalue weighted by molar-refractivity contribution is 7.89. The summed E-state index contributed by atoms with van der Waals surface area (Å²) in [5.41, 5.74) is 5.61. The summed E-state index contributed by atoms with van der Waals surface area (Å²) in [7, 11) is -3.59. The summed E-state index contributed by atoms with van der Waals surface area (Å²) >= 11 is 0. The minimum absolute atomic E-state index is 0.0304. The molecule has 0 bridgehead atoms. The van der Waals surface area contributed by atoms with Crippen molar-refractivity contribution in [3.63, 3.8) is 0 Å². The molecule has 1 aliphatic rings. The molecule has 0 amide bonds. The van der Waals surface area contributed by atoms with E-state index in [9.17, 15) is 8.42 Å². The van der Waals surface area contributed by atoms with Crippen molar-refractivity contribution in [2.24, 2.45) is 0 Å². The second-order valence-corrected chi connectivity index (χ2v) is 6.45. The number of nitrogens with two attached hydrogens (primary N) is 1. The first-order valence-electron chi connectivity index (χ1n) is 6.22. The van der Waals surface area contributed by atoms with E-state index in [1.54, 1.807) is 11.2 Å². The third-order valence-electron chi connectivity index (χ3n) is 3.44. The van der Waals surface area contributed by atoms with Crippen LogP contribution >= 0.6 is 0 Å². The van der Waals surface area contributed by atoms with Gasteiger partial charge >= 0.3 is 0 Å². The molecule has 0 radical (unpaired) electrons. The zero-order valence-electron chi connectivity index (χ0n) is 10.7. The van der Waals surface area contributed by atoms with Gasteiger partial charge in [0.2, 0.25) is 0 Å². The Kier molecular flexibility index (Phi) is 3.63. The molecule has 2 heterocycles. The summed E-state index contributed by atoms with van der Waals surface area (Å²) in [5, 5.41) is 3.53. The number of hydrogen-bond donors (Lipinski definition) is 1. The Bertz CT molecular complexity index is 504.